The first-order valence-electron chi connectivity index (χ1n) is 16.8. The summed E-state index contributed by atoms with van der Waals surface area (Å²) in [7, 11) is 0. The second-order valence-electron chi connectivity index (χ2n) is 12.6. The summed E-state index contributed by atoms with van der Waals surface area (Å²) >= 11 is 0. The maximum atomic E-state index is 6.53. The Labute approximate surface area is 288 Å². The highest BCUT2D eigenvalue weighted by Crippen LogP contribution is 2.41. The van der Waals surface area contributed by atoms with E-state index in [-0.39, 0.29) is 0 Å². The van der Waals surface area contributed by atoms with Crippen LogP contribution >= 0.6 is 0 Å². The fourth-order valence-electron chi connectivity index (χ4n) is 7.24. The lowest BCUT2D eigenvalue weighted by Gasteiger charge is -2.12. The molecule has 3 heterocycles. The van der Waals surface area contributed by atoms with Crippen molar-refractivity contribution in [1.29, 1.82) is 0 Å². The summed E-state index contributed by atoms with van der Waals surface area (Å²) in [6, 6.07) is 61.3. The van der Waals surface area contributed by atoms with Gasteiger partial charge in [-0.1, -0.05) is 133 Å². The van der Waals surface area contributed by atoms with Crippen LogP contribution in [-0.4, -0.2) is 14.5 Å². The molecule has 0 saturated carbocycles. The van der Waals surface area contributed by atoms with E-state index >= 15 is 0 Å². The van der Waals surface area contributed by atoms with Crippen LogP contribution in [0.1, 0.15) is 0 Å². The number of benzene rings is 7. The number of nitrogens with zero attached hydrogens (tertiary/aromatic N) is 3. The van der Waals surface area contributed by atoms with Crippen LogP contribution in [0.5, 0.6) is 0 Å². The Balaban J connectivity index is 1.14. The molecule has 7 aromatic carbocycles. The molecule has 50 heavy (non-hydrogen) atoms. The quantitative estimate of drug-likeness (QED) is 0.188. The highest BCUT2D eigenvalue weighted by Gasteiger charge is 2.19. The molecule has 10 aromatic rings. The maximum absolute atomic E-state index is 6.53. The van der Waals surface area contributed by atoms with E-state index in [1.165, 1.54) is 5.56 Å². The summed E-state index contributed by atoms with van der Waals surface area (Å²) in [5.74, 6) is 0.690. The zero-order chi connectivity index (χ0) is 33.0. The second-order valence-corrected chi connectivity index (χ2v) is 12.6. The van der Waals surface area contributed by atoms with Gasteiger partial charge in [0.2, 0.25) is 0 Å². The number of aromatic nitrogens is 3. The molecule has 0 unspecified atom stereocenters. The average molecular weight is 640 g/mol. The Bertz CT molecular complexity index is 2850. The van der Waals surface area contributed by atoms with Gasteiger partial charge in [-0.15, -0.1) is 0 Å². The Morgan fingerprint density at radius 2 is 1.02 bits per heavy atom. The molecule has 0 N–H and O–H groups in total. The zero-order valence-corrected chi connectivity index (χ0v) is 27.0. The molecule has 0 aliphatic rings. The fourth-order valence-corrected chi connectivity index (χ4v) is 7.24. The summed E-state index contributed by atoms with van der Waals surface area (Å²) in [6.07, 6.45) is 0. The third-order valence-electron chi connectivity index (χ3n) is 9.63. The van der Waals surface area contributed by atoms with Crippen molar-refractivity contribution in [3.63, 3.8) is 0 Å². The van der Waals surface area contributed by atoms with Crippen LogP contribution in [0.25, 0.3) is 94.5 Å². The Kier molecular flexibility index (Phi) is 6.46. The zero-order valence-electron chi connectivity index (χ0n) is 27.0. The molecule has 0 fully saturated rings. The fraction of sp³-hybridized carbons (Fsp3) is 0. The van der Waals surface area contributed by atoms with Gasteiger partial charge in [-0.25, -0.2) is 9.97 Å². The molecule has 0 saturated heterocycles. The predicted molar refractivity (Wildman–Crippen MR) is 205 cm³/mol. The molecule has 10 rings (SSSR count). The van der Waals surface area contributed by atoms with Gasteiger partial charge in [0, 0.05) is 38.5 Å². The van der Waals surface area contributed by atoms with E-state index in [1.54, 1.807) is 0 Å². The molecule has 4 nitrogen and oxygen atoms in total. The second kappa shape index (κ2) is 11.4. The van der Waals surface area contributed by atoms with Crippen LogP contribution < -0.4 is 0 Å². The van der Waals surface area contributed by atoms with Crippen LogP contribution in [-0.2, 0) is 0 Å². The van der Waals surface area contributed by atoms with Gasteiger partial charge in [0.25, 0.3) is 0 Å². The van der Waals surface area contributed by atoms with E-state index in [1.807, 2.05) is 36.4 Å². The minimum atomic E-state index is 0.690. The lowest BCUT2D eigenvalue weighted by molar-refractivity contribution is 0.673. The molecule has 0 bridgehead atoms. The summed E-state index contributed by atoms with van der Waals surface area (Å²) in [4.78, 5) is 10.3. The molecule has 0 amide bonds. The van der Waals surface area contributed by atoms with Gasteiger partial charge < -0.3 is 8.98 Å². The van der Waals surface area contributed by atoms with Crippen molar-refractivity contribution in [1.82, 2.24) is 14.5 Å². The van der Waals surface area contributed by atoms with Crippen LogP contribution in [0.3, 0.4) is 0 Å². The van der Waals surface area contributed by atoms with Gasteiger partial charge in [0.1, 0.15) is 11.2 Å². The molecule has 0 spiro atoms. The average Bonchev–Trinajstić information content (AvgIpc) is 3.74. The molecule has 0 aliphatic carbocycles. The van der Waals surface area contributed by atoms with Crippen LogP contribution in [0.2, 0.25) is 0 Å². The van der Waals surface area contributed by atoms with Crippen molar-refractivity contribution in [3.05, 3.63) is 176 Å². The maximum Gasteiger partial charge on any atom is 0.160 e. The first-order chi connectivity index (χ1) is 24.8. The van der Waals surface area contributed by atoms with Gasteiger partial charge in [-0.2, -0.15) is 0 Å². The van der Waals surface area contributed by atoms with E-state index in [2.05, 4.69) is 144 Å². The minimum Gasteiger partial charge on any atom is -0.455 e. The third-order valence-corrected chi connectivity index (χ3v) is 9.63. The Hall–Kier alpha value is -6.78. The largest absolute Gasteiger partial charge is 0.455 e. The minimum absolute atomic E-state index is 0.690. The van der Waals surface area contributed by atoms with E-state index in [0.717, 1.165) is 83.1 Å². The Morgan fingerprint density at radius 3 is 1.82 bits per heavy atom. The Morgan fingerprint density at radius 1 is 0.400 bits per heavy atom. The highest BCUT2D eigenvalue weighted by molar-refractivity contribution is 6.23. The number of fused-ring (bicyclic) bond motifs is 7. The molecule has 0 aliphatic heterocycles. The van der Waals surface area contributed by atoms with Gasteiger partial charge in [-0.3, -0.25) is 0 Å². The first-order valence-corrected chi connectivity index (χ1v) is 16.8. The van der Waals surface area contributed by atoms with Crippen molar-refractivity contribution in [3.8, 4) is 50.7 Å². The molecule has 234 valence electrons. The number of hydrogen-bond acceptors (Lipinski definition) is 3. The first kappa shape index (κ1) is 28.3. The molecular formula is C46H29N3O. The van der Waals surface area contributed by atoms with Crippen LogP contribution in [0, 0.1) is 0 Å². The normalized spacial score (nSPS) is 11.6. The number of furan rings is 1. The summed E-state index contributed by atoms with van der Waals surface area (Å²) < 4.78 is 8.87. The number of hydrogen-bond donors (Lipinski definition) is 0. The van der Waals surface area contributed by atoms with Crippen molar-refractivity contribution >= 4 is 43.7 Å². The monoisotopic (exact) mass is 639 g/mol. The van der Waals surface area contributed by atoms with Gasteiger partial charge >= 0.3 is 0 Å². The summed E-state index contributed by atoms with van der Waals surface area (Å²) in [6.45, 7) is 0. The molecule has 4 heteroatoms. The molecule has 0 radical (unpaired) electrons. The van der Waals surface area contributed by atoms with E-state index in [0.29, 0.717) is 5.82 Å². The van der Waals surface area contributed by atoms with Crippen molar-refractivity contribution in [2.45, 2.75) is 0 Å². The van der Waals surface area contributed by atoms with Gasteiger partial charge in [0.15, 0.2) is 5.82 Å². The molecule has 0 atom stereocenters. The van der Waals surface area contributed by atoms with E-state index in [9.17, 15) is 0 Å². The summed E-state index contributed by atoms with van der Waals surface area (Å²) in [5.41, 5.74) is 12.2. The standard InChI is InChI=1S/C46H29N3O/c1-3-12-30(13-4-1)31-22-24-33(25-23-31)46-47-39(32-14-5-2-6-15-32)29-40(48-46)34-16-11-17-35(28-34)49-41-20-9-7-19-38(41)44-42(49)27-26-37-36-18-8-10-21-43(36)50-45(37)44/h1-29H. The SMILES string of the molecule is c1ccc(-c2ccc(-c3nc(-c4ccccc4)cc(-c4cccc(-n5c6ccccc6c6c7oc8ccccc8c7ccc65)c4)n3)cc2)cc1. The number of rotatable bonds is 5. The van der Waals surface area contributed by atoms with Gasteiger partial charge in [-0.05, 0) is 53.6 Å². The van der Waals surface area contributed by atoms with Crippen LogP contribution in [0.15, 0.2) is 180 Å². The van der Waals surface area contributed by atoms with E-state index < -0.39 is 0 Å². The predicted octanol–water partition coefficient (Wildman–Crippen LogP) is 12.1. The molecular weight excluding hydrogens is 611 g/mol. The van der Waals surface area contributed by atoms with Gasteiger partial charge in [0.05, 0.1) is 27.8 Å². The molecule has 3 aromatic heterocycles. The van der Waals surface area contributed by atoms with Crippen molar-refractivity contribution in [2.24, 2.45) is 0 Å². The van der Waals surface area contributed by atoms with Crippen molar-refractivity contribution in [2.75, 3.05) is 0 Å². The third kappa shape index (κ3) is 4.61. The van der Waals surface area contributed by atoms with E-state index in [4.69, 9.17) is 14.4 Å². The highest BCUT2D eigenvalue weighted by atomic mass is 16.3. The topological polar surface area (TPSA) is 43.9 Å². The number of para-hydroxylation sites is 2. The lowest BCUT2D eigenvalue weighted by atomic mass is 10.0. The lowest BCUT2D eigenvalue weighted by Crippen LogP contribution is -1.98. The van der Waals surface area contributed by atoms with Crippen molar-refractivity contribution < 1.29 is 4.42 Å². The smallest absolute Gasteiger partial charge is 0.160 e. The summed E-state index contributed by atoms with van der Waals surface area (Å²) in [5, 5.41) is 4.54. The van der Waals surface area contributed by atoms with Crippen LogP contribution in [0.4, 0.5) is 0 Å².